The monoisotopic (exact) mass is 146 g/mol. The van der Waals surface area contributed by atoms with Crippen LogP contribution in [0.4, 0.5) is 4.79 Å². The SMILES string of the molecule is CC(C)OC(=O)N(C)N=O. The van der Waals surface area contributed by atoms with Crippen molar-refractivity contribution in [2.45, 2.75) is 20.0 Å². The lowest BCUT2D eigenvalue weighted by molar-refractivity contribution is 0.0844. The van der Waals surface area contributed by atoms with E-state index in [4.69, 9.17) is 0 Å². The summed E-state index contributed by atoms with van der Waals surface area (Å²) in [5.74, 6) is 0. The summed E-state index contributed by atoms with van der Waals surface area (Å²) in [7, 11) is 1.23. The Morgan fingerprint density at radius 2 is 2.10 bits per heavy atom. The van der Waals surface area contributed by atoms with Gasteiger partial charge in [-0.1, -0.05) is 0 Å². The van der Waals surface area contributed by atoms with Crippen LogP contribution in [0.25, 0.3) is 0 Å². The molecular formula is C5H10N2O3. The summed E-state index contributed by atoms with van der Waals surface area (Å²) in [6.07, 6.45) is -0.957. The Balaban J connectivity index is 3.73. The molecule has 5 heteroatoms. The Hall–Kier alpha value is -1.13. The third-order valence-electron chi connectivity index (χ3n) is 0.723. The van der Waals surface area contributed by atoms with Gasteiger partial charge in [-0.05, 0) is 13.8 Å². The predicted octanol–water partition coefficient (Wildman–Crippen LogP) is 1.14. The molecule has 5 nitrogen and oxygen atoms in total. The minimum Gasteiger partial charge on any atom is -0.445 e. The van der Waals surface area contributed by atoms with Crippen molar-refractivity contribution >= 4 is 6.09 Å². The van der Waals surface area contributed by atoms with E-state index in [2.05, 4.69) is 10.0 Å². The average Bonchev–Trinajstić information content (AvgIpc) is 1.85. The van der Waals surface area contributed by atoms with Crippen molar-refractivity contribution in [3.8, 4) is 0 Å². The smallest absolute Gasteiger partial charge is 0.432 e. The Morgan fingerprint density at radius 3 is 2.40 bits per heavy atom. The highest BCUT2D eigenvalue weighted by molar-refractivity contribution is 5.66. The highest BCUT2D eigenvalue weighted by Gasteiger charge is 2.10. The molecule has 0 aromatic carbocycles. The number of nitrogens with zero attached hydrogens (tertiary/aromatic N) is 2. The van der Waals surface area contributed by atoms with Gasteiger partial charge in [0.25, 0.3) is 0 Å². The van der Waals surface area contributed by atoms with Crippen LogP contribution in [0.15, 0.2) is 5.29 Å². The molecule has 0 saturated heterocycles. The lowest BCUT2D eigenvalue weighted by Crippen LogP contribution is -2.24. The predicted molar refractivity (Wildman–Crippen MR) is 35.2 cm³/mol. The van der Waals surface area contributed by atoms with Crippen molar-refractivity contribution in [1.29, 1.82) is 0 Å². The van der Waals surface area contributed by atoms with Crippen molar-refractivity contribution < 1.29 is 9.53 Å². The maximum absolute atomic E-state index is 10.6. The maximum Gasteiger partial charge on any atom is 0.432 e. The van der Waals surface area contributed by atoms with Gasteiger partial charge in [-0.3, -0.25) is 0 Å². The average molecular weight is 146 g/mol. The summed E-state index contributed by atoms with van der Waals surface area (Å²) in [5.41, 5.74) is 0. The van der Waals surface area contributed by atoms with Gasteiger partial charge in [-0.2, -0.15) is 5.01 Å². The quantitative estimate of drug-likeness (QED) is 0.433. The number of carbonyl (C=O) groups is 1. The minimum absolute atomic E-state index is 0.225. The summed E-state index contributed by atoms with van der Waals surface area (Å²) in [6.45, 7) is 3.38. The third-order valence-corrected chi connectivity index (χ3v) is 0.723. The Labute approximate surface area is 58.9 Å². The van der Waals surface area contributed by atoms with Gasteiger partial charge >= 0.3 is 6.09 Å². The second-order valence-electron chi connectivity index (χ2n) is 2.04. The number of hydrogen-bond donors (Lipinski definition) is 0. The molecule has 0 unspecified atom stereocenters. The fourth-order valence-corrected chi connectivity index (χ4v) is 0.311. The van der Waals surface area contributed by atoms with Crippen LogP contribution in [-0.2, 0) is 4.74 Å². The second kappa shape index (κ2) is 3.81. The first-order chi connectivity index (χ1) is 4.57. The first-order valence-electron chi connectivity index (χ1n) is 2.85. The molecule has 58 valence electrons. The molecule has 0 aliphatic rings. The molecule has 10 heavy (non-hydrogen) atoms. The molecule has 0 aliphatic heterocycles. The van der Waals surface area contributed by atoms with Gasteiger partial charge < -0.3 is 4.74 Å². The molecule has 0 aromatic heterocycles. The molecule has 0 saturated carbocycles. The molecule has 0 radical (unpaired) electrons. The Kier molecular flexibility index (Phi) is 3.38. The highest BCUT2D eigenvalue weighted by atomic mass is 16.6. The molecule has 0 aliphatic carbocycles. The summed E-state index contributed by atoms with van der Waals surface area (Å²) < 4.78 is 4.60. The molecule has 1 amide bonds. The first kappa shape index (κ1) is 8.87. The lowest BCUT2D eigenvalue weighted by atomic mass is 10.5. The van der Waals surface area contributed by atoms with Crippen molar-refractivity contribution in [2.75, 3.05) is 7.05 Å². The van der Waals surface area contributed by atoms with Crippen LogP contribution in [0.1, 0.15) is 13.8 Å². The van der Waals surface area contributed by atoms with E-state index >= 15 is 0 Å². The Bertz CT molecular complexity index is 135. The zero-order chi connectivity index (χ0) is 8.15. The fraction of sp³-hybridized carbons (Fsp3) is 0.800. The highest BCUT2D eigenvalue weighted by Crippen LogP contribution is 1.94. The third kappa shape index (κ3) is 3.01. The van der Waals surface area contributed by atoms with E-state index in [0.29, 0.717) is 5.01 Å². The van der Waals surface area contributed by atoms with Gasteiger partial charge in [0, 0.05) is 7.05 Å². The largest absolute Gasteiger partial charge is 0.445 e. The van der Waals surface area contributed by atoms with E-state index in [9.17, 15) is 9.70 Å². The van der Waals surface area contributed by atoms with E-state index < -0.39 is 6.09 Å². The van der Waals surface area contributed by atoms with Crippen LogP contribution < -0.4 is 0 Å². The van der Waals surface area contributed by atoms with Crippen LogP contribution in [0.2, 0.25) is 0 Å². The summed E-state index contributed by atoms with van der Waals surface area (Å²) in [4.78, 5) is 20.3. The van der Waals surface area contributed by atoms with Gasteiger partial charge in [0.05, 0.1) is 11.4 Å². The van der Waals surface area contributed by atoms with Gasteiger partial charge in [-0.15, -0.1) is 4.91 Å². The maximum atomic E-state index is 10.6. The van der Waals surface area contributed by atoms with Crippen molar-refractivity contribution in [3.05, 3.63) is 4.91 Å². The molecule has 0 rings (SSSR count). The Morgan fingerprint density at radius 1 is 1.60 bits per heavy atom. The van der Waals surface area contributed by atoms with Crippen molar-refractivity contribution in [3.63, 3.8) is 0 Å². The number of hydrogen-bond acceptors (Lipinski definition) is 4. The topological polar surface area (TPSA) is 59.0 Å². The number of ether oxygens (including phenoxy) is 1. The van der Waals surface area contributed by atoms with Gasteiger partial charge in [0.1, 0.15) is 0 Å². The molecule has 0 N–H and O–H groups in total. The number of nitroso groups, excluding NO2 is 1. The minimum atomic E-state index is -0.731. The van der Waals surface area contributed by atoms with E-state index in [0.717, 1.165) is 0 Å². The van der Waals surface area contributed by atoms with Gasteiger partial charge in [0.2, 0.25) is 0 Å². The van der Waals surface area contributed by atoms with E-state index in [1.807, 2.05) is 0 Å². The summed E-state index contributed by atoms with van der Waals surface area (Å²) in [6, 6.07) is 0. The normalized spacial score (nSPS) is 9.20. The van der Waals surface area contributed by atoms with Crippen LogP contribution in [0.5, 0.6) is 0 Å². The molecule has 0 fully saturated rings. The fourth-order valence-electron chi connectivity index (χ4n) is 0.311. The van der Waals surface area contributed by atoms with E-state index in [1.165, 1.54) is 7.05 Å². The summed E-state index contributed by atoms with van der Waals surface area (Å²) in [5, 5.41) is 2.95. The molecular weight excluding hydrogens is 136 g/mol. The zero-order valence-electron chi connectivity index (χ0n) is 6.20. The molecule has 0 atom stereocenters. The molecule has 0 aromatic rings. The van der Waals surface area contributed by atoms with E-state index in [1.54, 1.807) is 13.8 Å². The first-order valence-corrected chi connectivity index (χ1v) is 2.85. The zero-order valence-corrected chi connectivity index (χ0v) is 6.20. The van der Waals surface area contributed by atoms with Gasteiger partial charge in [-0.25, -0.2) is 4.79 Å². The summed E-state index contributed by atoms with van der Waals surface area (Å²) >= 11 is 0. The molecule has 0 spiro atoms. The molecule has 0 bridgehead atoms. The van der Waals surface area contributed by atoms with Crippen LogP contribution in [0.3, 0.4) is 0 Å². The lowest BCUT2D eigenvalue weighted by Gasteiger charge is -2.09. The standard InChI is InChI=1S/C5H10N2O3/c1-4(2)10-5(8)7(3)6-9/h4H,1-3H3. The van der Waals surface area contributed by atoms with Crippen LogP contribution in [-0.4, -0.2) is 24.3 Å². The second-order valence-corrected chi connectivity index (χ2v) is 2.04. The number of amides is 1. The number of rotatable bonds is 2. The number of carbonyl (C=O) groups excluding carboxylic acids is 1. The van der Waals surface area contributed by atoms with Crippen molar-refractivity contribution in [1.82, 2.24) is 5.01 Å². The van der Waals surface area contributed by atoms with E-state index in [-0.39, 0.29) is 6.10 Å². The molecule has 0 heterocycles. The van der Waals surface area contributed by atoms with Gasteiger partial charge in [0.15, 0.2) is 0 Å². The van der Waals surface area contributed by atoms with Crippen LogP contribution >= 0.6 is 0 Å². The van der Waals surface area contributed by atoms with Crippen molar-refractivity contribution in [2.24, 2.45) is 5.29 Å². The van der Waals surface area contributed by atoms with Crippen LogP contribution in [0, 0.1) is 4.91 Å².